The van der Waals surface area contributed by atoms with Crippen molar-refractivity contribution in [3.05, 3.63) is 11.5 Å². The lowest BCUT2D eigenvalue weighted by atomic mass is 10.2. The average Bonchev–Trinajstić information content (AvgIpc) is 2.78. The molecule has 74 valence electrons. The zero-order valence-electron chi connectivity index (χ0n) is 7.73. The summed E-state index contributed by atoms with van der Waals surface area (Å²) in [6, 6.07) is 0.503. The fourth-order valence-electron chi connectivity index (χ4n) is 1.75. The molecule has 13 heavy (non-hydrogen) atoms. The summed E-state index contributed by atoms with van der Waals surface area (Å²) in [5, 5.41) is 4.65. The molecule has 0 bridgehead atoms. The van der Waals surface area contributed by atoms with Gasteiger partial charge >= 0.3 is 0 Å². The molecule has 1 N–H and O–H groups in total. The van der Waals surface area contributed by atoms with E-state index in [1.54, 1.807) is 6.08 Å². The first-order valence-electron chi connectivity index (χ1n) is 4.74. The van der Waals surface area contributed by atoms with Crippen molar-refractivity contribution in [3.8, 4) is 0 Å². The third-order valence-electron chi connectivity index (χ3n) is 2.74. The van der Waals surface area contributed by atoms with Crippen LogP contribution in [0.15, 0.2) is 11.5 Å². The summed E-state index contributed by atoms with van der Waals surface area (Å²) >= 11 is 0. The fraction of sp³-hybridized carbons (Fsp3) is 0.778. The minimum atomic E-state index is -2.89. The molecule has 1 aliphatic heterocycles. The summed E-state index contributed by atoms with van der Waals surface area (Å²) in [5.41, 5.74) is 0. The van der Waals surface area contributed by atoms with Crippen molar-refractivity contribution >= 4 is 9.84 Å². The minimum Gasteiger partial charge on any atom is -0.307 e. The fourth-order valence-corrected chi connectivity index (χ4v) is 3.00. The summed E-state index contributed by atoms with van der Waals surface area (Å²) in [4.78, 5) is 0. The molecule has 3 nitrogen and oxygen atoms in total. The van der Waals surface area contributed by atoms with Gasteiger partial charge in [0.15, 0.2) is 9.84 Å². The van der Waals surface area contributed by atoms with Crippen LogP contribution in [0.25, 0.3) is 0 Å². The van der Waals surface area contributed by atoms with Crippen LogP contribution in [-0.2, 0) is 9.84 Å². The molecule has 0 saturated heterocycles. The first kappa shape index (κ1) is 9.21. The molecule has 2 rings (SSSR count). The molecule has 2 aliphatic rings. The molecule has 1 saturated carbocycles. The molecule has 1 aliphatic carbocycles. The Morgan fingerprint density at radius 2 is 2.15 bits per heavy atom. The van der Waals surface area contributed by atoms with Gasteiger partial charge in [0.1, 0.15) is 0 Å². The number of hydrogen-bond acceptors (Lipinski definition) is 3. The molecule has 0 aromatic heterocycles. The van der Waals surface area contributed by atoms with Crippen LogP contribution < -0.4 is 5.32 Å². The topological polar surface area (TPSA) is 46.2 Å². The predicted molar refractivity (Wildman–Crippen MR) is 52.0 cm³/mol. The van der Waals surface area contributed by atoms with E-state index in [0.717, 1.165) is 5.92 Å². The van der Waals surface area contributed by atoms with Crippen molar-refractivity contribution in [1.29, 1.82) is 0 Å². The third kappa shape index (κ3) is 2.31. The summed E-state index contributed by atoms with van der Waals surface area (Å²) in [7, 11) is -2.89. The van der Waals surface area contributed by atoms with E-state index in [1.165, 1.54) is 18.2 Å². The molecule has 0 aromatic carbocycles. The van der Waals surface area contributed by atoms with Crippen LogP contribution in [-0.4, -0.2) is 26.3 Å². The Balaban J connectivity index is 1.87. The van der Waals surface area contributed by atoms with Crippen molar-refractivity contribution in [2.75, 3.05) is 5.75 Å². The van der Waals surface area contributed by atoms with Crippen molar-refractivity contribution < 1.29 is 8.42 Å². The number of sulfone groups is 1. The number of hydrogen-bond donors (Lipinski definition) is 1. The van der Waals surface area contributed by atoms with Gasteiger partial charge in [-0.15, -0.1) is 0 Å². The van der Waals surface area contributed by atoms with Crippen LogP contribution in [0.5, 0.6) is 0 Å². The standard InChI is InChI=1S/C9H15NO2S/c1-7(8-2-3-8)10-9-4-5-13(11,12)6-9/h4-5,7-10H,2-3,6H2,1H3. The van der Waals surface area contributed by atoms with Crippen molar-refractivity contribution in [2.24, 2.45) is 5.92 Å². The molecule has 0 spiro atoms. The van der Waals surface area contributed by atoms with Crippen LogP contribution in [0.1, 0.15) is 19.8 Å². The lowest BCUT2D eigenvalue weighted by Crippen LogP contribution is -2.38. The maximum Gasteiger partial charge on any atom is 0.173 e. The van der Waals surface area contributed by atoms with Gasteiger partial charge in [0.05, 0.1) is 5.75 Å². The van der Waals surface area contributed by atoms with E-state index in [-0.39, 0.29) is 11.8 Å². The SMILES string of the molecule is CC(NC1C=CS(=O)(=O)C1)C1CC1. The number of rotatable bonds is 3. The Kier molecular flexibility index (Phi) is 2.20. The molecule has 0 radical (unpaired) electrons. The van der Waals surface area contributed by atoms with E-state index >= 15 is 0 Å². The Hall–Kier alpha value is -0.350. The molecule has 2 atom stereocenters. The van der Waals surface area contributed by atoms with Crippen molar-refractivity contribution in [3.63, 3.8) is 0 Å². The van der Waals surface area contributed by atoms with Gasteiger partial charge in [-0.1, -0.05) is 6.08 Å². The maximum atomic E-state index is 11.1. The molecule has 0 aromatic rings. The van der Waals surface area contributed by atoms with Gasteiger partial charge in [-0.2, -0.15) is 0 Å². The van der Waals surface area contributed by atoms with E-state index in [1.807, 2.05) is 0 Å². The van der Waals surface area contributed by atoms with Crippen LogP contribution in [0.2, 0.25) is 0 Å². The lowest BCUT2D eigenvalue weighted by Gasteiger charge is -2.16. The van der Waals surface area contributed by atoms with E-state index in [0.29, 0.717) is 6.04 Å². The van der Waals surface area contributed by atoms with E-state index in [2.05, 4.69) is 12.2 Å². The second kappa shape index (κ2) is 3.10. The third-order valence-corrected chi connectivity index (χ3v) is 4.13. The van der Waals surface area contributed by atoms with Gasteiger partial charge in [-0.25, -0.2) is 8.42 Å². The highest BCUT2D eigenvalue weighted by molar-refractivity contribution is 7.94. The van der Waals surface area contributed by atoms with Gasteiger partial charge in [0.2, 0.25) is 0 Å². The van der Waals surface area contributed by atoms with Gasteiger partial charge in [0.25, 0.3) is 0 Å². The van der Waals surface area contributed by atoms with Crippen molar-refractivity contribution in [1.82, 2.24) is 5.32 Å². The second-order valence-electron chi connectivity index (χ2n) is 4.06. The largest absolute Gasteiger partial charge is 0.307 e. The smallest absolute Gasteiger partial charge is 0.173 e. The van der Waals surface area contributed by atoms with E-state index in [9.17, 15) is 8.42 Å². The Morgan fingerprint density at radius 3 is 2.62 bits per heavy atom. The van der Waals surface area contributed by atoms with Gasteiger partial charge in [-0.3, -0.25) is 0 Å². The summed E-state index contributed by atoms with van der Waals surface area (Å²) < 4.78 is 22.2. The maximum absolute atomic E-state index is 11.1. The van der Waals surface area contributed by atoms with Gasteiger partial charge < -0.3 is 5.32 Å². The highest BCUT2D eigenvalue weighted by atomic mass is 32.2. The first-order chi connectivity index (χ1) is 6.07. The Labute approximate surface area is 79.1 Å². The average molecular weight is 201 g/mol. The highest BCUT2D eigenvalue weighted by Crippen LogP contribution is 2.32. The molecule has 0 amide bonds. The Bertz CT molecular complexity index is 317. The first-order valence-corrected chi connectivity index (χ1v) is 6.45. The molecular formula is C9H15NO2S. The van der Waals surface area contributed by atoms with Gasteiger partial charge in [0, 0.05) is 17.5 Å². The monoisotopic (exact) mass is 201 g/mol. The summed E-state index contributed by atoms with van der Waals surface area (Å²) in [6.07, 6.45) is 4.34. The molecule has 4 heteroatoms. The van der Waals surface area contributed by atoms with Crippen molar-refractivity contribution in [2.45, 2.75) is 31.8 Å². The summed E-state index contributed by atoms with van der Waals surface area (Å²) in [6.45, 7) is 2.14. The molecule has 1 fully saturated rings. The zero-order valence-corrected chi connectivity index (χ0v) is 8.55. The minimum absolute atomic E-state index is 0.0422. The van der Waals surface area contributed by atoms with Gasteiger partial charge in [-0.05, 0) is 25.7 Å². The lowest BCUT2D eigenvalue weighted by molar-refractivity contribution is 0.473. The molecule has 1 heterocycles. The van der Waals surface area contributed by atoms with E-state index in [4.69, 9.17) is 0 Å². The zero-order chi connectivity index (χ0) is 9.47. The molecular weight excluding hydrogens is 186 g/mol. The van der Waals surface area contributed by atoms with Crippen LogP contribution >= 0.6 is 0 Å². The van der Waals surface area contributed by atoms with Crippen LogP contribution in [0, 0.1) is 5.92 Å². The highest BCUT2D eigenvalue weighted by Gasteiger charge is 2.31. The second-order valence-corrected chi connectivity index (χ2v) is 5.99. The van der Waals surface area contributed by atoms with Crippen LogP contribution in [0.4, 0.5) is 0 Å². The predicted octanol–water partition coefficient (Wildman–Crippen LogP) is 0.685. The Morgan fingerprint density at radius 1 is 1.46 bits per heavy atom. The quantitative estimate of drug-likeness (QED) is 0.730. The molecule has 2 unspecified atom stereocenters. The van der Waals surface area contributed by atoms with E-state index < -0.39 is 9.84 Å². The van der Waals surface area contributed by atoms with Crippen LogP contribution in [0.3, 0.4) is 0 Å². The number of nitrogens with one attached hydrogen (secondary N) is 1. The normalized spacial score (nSPS) is 33.5. The summed E-state index contributed by atoms with van der Waals surface area (Å²) in [5.74, 6) is 1.01.